The van der Waals surface area contributed by atoms with Crippen molar-refractivity contribution in [2.45, 2.75) is 24.7 Å². The van der Waals surface area contributed by atoms with Crippen LogP contribution in [0.1, 0.15) is 18.4 Å². The molecule has 0 spiro atoms. The zero-order chi connectivity index (χ0) is 18.9. The van der Waals surface area contributed by atoms with Crippen LogP contribution in [-0.4, -0.2) is 19.2 Å². The summed E-state index contributed by atoms with van der Waals surface area (Å²) in [4.78, 5) is 21.9. The normalized spacial score (nSPS) is 13.9. The Kier molecular flexibility index (Phi) is 4.64. The van der Waals surface area contributed by atoms with Crippen molar-refractivity contribution in [1.82, 2.24) is 0 Å². The molecule has 0 unspecified atom stereocenters. The van der Waals surface area contributed by atoms with E-state index in [1.165, 1.54) is 37.3 Å². The summed E-state index contributed by atoms with van der Waals surface area (Å²) in [5, 5.41) is 13.8. The Morgan fingerprint density at radius 2 is 1.73 bits per heavy atom. The van der Waals surface area contributed by atoms with Gasteiger partial charge in [-0.3, -0.25) is 19.6 Å². The van der Waals surface area contributed by atoms with Crippen LogP contribution in [0, 0.1) is 23.0 Å². The van der Waals surface area contributed by atoms with Gasteiger partial charge in [0.25, 0.3) is 15.7 Å². The summed E-state index contributed by atoms with van der Waals surface area (Å²) < 4.78 is 27.5. The molecule has 1 amide bonds. The van der Waals surface area contributed by atoms with E-state index in [4.69, 9.17) is 0 Å². The number of nitrogens with one attached hydrogen (secondary N) is 2. The van der Waals surface area contributed by atoms with Crippen molar-refractivity contribution in [1.29, 1.82) is 0 Å². The second-order valence-electron chi connectivity index (χ2n) is 6.10. The Labute approximate surface area is 150 Å². The highest BCUT2D eigenvalue weighted by atomic mass is 32.2. The first kappa shape index (κ1) is 17.9. The fourth-order valence-electron chi connectivity index (χ4n) is 2.51. The van der Waals surface area contributed by atoms with E-state index in [1.807, 2.05) is 0 Å². The maximum atomic E-state index is 12.6. The lowest BCUT2D eigenvalue weighted by Gasteiger charge is -2.11. The van der Waals surface area contributed by atoms with Crippen molar-refractivity contribution in [3.63, 3.8) is 0 Å². The first-order valence-electron chi connectivity index (χ1n) is 7.96. The highest BCUT2D eigenvalue weighted by molar-refractivity contribution is 7.92. The second-order valence-corrected chi connectivity index (χ2v) is 7.75. The highest BCUT2D eigenvalue weighted by Crippen LogP contribution is 2.30. The topological polar surface area (TPSA) is 118 Å². The predicted molar refractivity (Wildman–Crippen MR) is 96.4 cm³/mol. The molecule has 3 rings (SSSR count). The van der Waals surface area contributed by atoms with Crippen LogP contribution in [0.15, 0.2) is 47.4 Å². The molecular weight excluding hydrogens is 358 g/mol. The summed E-state index contributed by atoms with van der Waals surface area (Å²) >= 11 is 0. The quantitative estimate of drug-likeness (QED) is 0.594. The molecule has 1 aliphatic rings. The van der Waals surface area contributed by atoms with Gasteiger partial charge in [-0.1, -0.05) is 6.07 Å². The number of anilines is 2. The molecular formula is C17H17N3O5S. The fraction of sp³-hybridized carbons (Fsp3) is 0.235. The van der Waals surface area contributed by atoms with Crippen molar-refractivity contribution in [3.05, 3.63) is 58.1 Å². The van der Waals surface area contributed by atoms with Gasteiger partial charge in [-0.25, -0.2) is 8.42 Å². The maximum Gasteiger partial charge on any atom is 0.273 e. The van der Waals surface area contributed by atoms with Gasteiger partial charge in [-0.15, -0.1) is 0 Å². The molecule has 0 radical (unpaired) electrons. The molecule has 2 N–H and O–H groups in total. The molecule has 0 aliphatic heterocycles. The van der Waals surface area contributed by atoms with Gasteiger partial charge in [-0.05, 0) is 50.1 Å². The number of nitro benzene ring substituents is 1. The number of rotatable bonds is 6. The molecule has 0 heterocycles. The van der Waals surface area contributed by atoms with Crippen LogP contribution in [0.3, 0.4) is 0 Å². The van der Waals surface area contributed by atoms with Gasteiger partial charge in [0.1, 0.15) is 0 Å². The molecule has 0 saturated heterocycles. The van der Waals surface area contributed by atoms with Crippen LogP contribution >= 0.6 is 0 Å². The maximum absolute atomic E-state index is 12.6. The molecule has 2 aromatic rings. The number of carbonyl (C=O) groups excluding carboxylic acids is 1. The Hall–Kier alpha value is -2.94. The largest absolute Gasteiger partial charge is 0.326 e. The van der Waals surface area contributed by atoms with Crippen molar-refractivity contribution in [2.75, 3.05) is 10.0 Å². The van der Waals surface area contributed by atoms with Gasteiger partial charge in [0.05, 0.1) is 9.82 Å². The molecule has 0 bridgehead atoms. The van der Waals surface area contributed by atoms with E-state index in [2.05, 4.69) is 10.0 Å². The van der Waals surface area contributed by atoms with Crippen LogP contribution in [0.4, 0.5) is 17.1 Å². The third kappa shape index (κ3) is 3.83. The highest BCUT2D eigenvalue weighted by Gasteiger charge is 2.29. The third-order valence-corrected chi connectivity index (χ3v) is 5.62. The number of carbonyl (C=O) groups is 1. The Morgan fingerprint density at radius 1 is 1.12 bits per heavy atom. The van der Waals surface area contributed by atoms with Gasteiger partial charge in [0, 0.05) is 28.9 Å². The van der Waals surface area contributed by atoms with E-state index in [0.717, 1.165) is 12.8 Å². The van der Waals surface area contributed by atoms with Crippen LogP contribution in [0.2, 0.25) is 0 Å². The lowest BCUT2D eigenvalue weighted by molar-refractivity contribution is -0.385. The second kappa shape index (κ2) is 6.75. The molecule has 136 valence electrons. The van der Waals surface area contributed by atoms with Gasteiger partial charge >= 0.3 is 0 Å². The number of benzene rings is 2. The molecule has 0 atom stereocenters. The van der Waals surface area contributed by atoms with Crippen LogP contribution < -0.4 is 10.0 Å². The van der Waals surface area contributed by atoms with E-state index in [0.29, 0.717) is 11.4 Å². The summed E-state index contributed by atoms with van der Waals surface area (Å²) in [6.45, 7) is 1.39. The summed E-state index contributed by atoms with van der Waals surface area (Å²) in [7, 11) is -3.98. The fourth-order valence-corrected chi connectivity index (χ4v) is 3.84. The average molecular weight is 375 g/mol. The first-order valence-corrected chi connectivity index (χ1v) is 9.44. The smallest absolute Gasteiger partial charge is 0.273 e. The standard InChI is InChI=1S/C17H17N3O5S/c1-11-15(20(22)23)3-2-4-16(11)26(24,25)19-14-9-7-13(8-10-14)18-17(21)12-5-6-12/h2-4,7-10,12,19H,5-6H2,1H3,(H,18,21). The molecule has 26 heavy (non-hydrogen) atoms. The number of nitro groups is 1. The van der Waals surface area contributed by atoms with E-state index < -0.39 is 14.9 Å². The molecule has 2 aromatic carbocycles. The van der Waals surface area contributed by atoms with Crippen molar-refractivity contribution < 1.29 is 18.1 Å². The van der Waals surface area contributed by atoms with Gasteiger partial charge in [0.2, 0.25) is 5.91 Å². The number of hydrogen-bond donors (Lipinski definition) is 2. The molecule has 8 nitrogen and oxygen atoms in total. The number of amides is 1. The Bertz CT molecular complexity index is 966. The van der Waals surface area contributed by atoms with E-state index in [9.17, 15) is 23.3 Å². The monoisotopic (exact) mass is 375 g/mol. The zero-order valence-corrected chi connectivity index (χ0v) is 14.7. The summed E-state index contributed by atoms with van der Waals surface area (Å²) in [6, 6.07) is 10.1. The predicted octanol–water partition coefficient (Wildman–Crippen LogP) is 3.05. The number of hydrogen-bond acceptors (Lipinski definition) is 5. The van der Waals surface area contributed by atoms with E-state index >= 15 is 0 Å². The minimum absolute atomic E-state index is 0.0365. The molecule has 9 heteroatoms. The van der Waals surface area contributed by atoms with Crippen LogP contribution in [0.25, 0.3) is 0 Å². The minimum atomic E-state index is -3.98. The SMILES string of the molecule is Cc1c([N+](=O)[O-])cccc1S(=O)(=O)Nc1ccc(NC(=O)C2CC2)cc1. The third-order valence-electron chi connectivity index (χ3n) is 4.09. The van der Waals surface area contributed by atoms with Crippen LogP contribution in [-0.2, 0) is 14.8 Å². The lowest BCUT2D eigenvalue weighted by Crippen LogP contribution is -2.15. The van der Waals surface area contributed by atoms with Gasteiger partial charge in [-0.2, -0.15) is 0 Å². The zero-order valence-electron chi connectivity index (χ0n) is 13.9. The van der Waals surface area contributed by atoms with E-state index in [1.54, 1.807) is 12.1 Å². The Morgan fingerprint density at radius 3 is 2.31 bits per heavy atom. The number of nitrogens with zero attached hydrogens (tertiary/aromatic N) is 1. The summed E-state index contributed by atoms with van der Waals surface area (Å²) in [5.41, 5.74) is 0.682. The summed E-state index contributed by atoms with van der Waals surface area (Å²) in [5.74, 6) is 0.0376. The van der Waals surface area contributed by atoms with Crippen LogP contribution in [0.5, 0.6) is 0 Å². The molecule has 1 saturated carbocycles. The summed E-state index contributed by atoms with van der Waals surface area (Å²) in [6.07, 6.45) is 1.79. The van der Waals surface area contributed by atoms with Crippen molar-refractivity contribution >= 4 is 33.0 Å². The van der Waals surface area contributed by atoms with Crippen molar-refractivity contribution in [2.24, 2.45) is 5.92 Å². The number of sulfonamides is 1. The lowest BCUT2D eigenvalue weighted by atomic mass is 10.2. The van der Waals surface area contributed by atoms with Gasteiger partial charge in [0.15, 0.2) is 0 Å². The minimum Gasteiger partial charge on any atom is -0.326 e. The molecule has 0 aromatic heterocycles. The molecule has 1 aliphatic carbocycles. The Balaban J connectivity index is 1.78. The van der Waals surface area contributed by atoms with Crippen molar-refractivity contribution in [3.8, 4) is 0 Å². The molecule has 1 fully saturated rings. The van der Waals surface area contributed by atoms with E-state index in [-0.39, 0.29) is 28.0 Å². The van der Waals surface area contributed by atoms with Gasteiger partial charge < -0.3 is 5.32 Å². The first-order chi connectivity index (χ1) is 12.3. The average Bonchev–Trinajstić information content (AvgIpc) is 3.41.